The van der Waals surface area contributed by atoms with Crippen molar-refractivity contribution in [3.8, 4) is 0 Å². The predicted molar refractivity (Wildman–Crippen MR) is 73.6 cm³/mol. The topological polar surface area (TPSA) is 49.2 Å². The molecule has 1 saturated heterocycles. The summed E-state index contributed by atoms with van der Waals surface area (Å²) in [7, 11) is 0. The van der Waals surface area contributed by atoms with Crippen LogP contribution >= 0.6 is 11.3 Å². The summed E-state index contributed by atoms with van der Waals surface area (Å²) in [5.41, 5.74) is 1.93. The second-order valence-corrected chi connectivity index (χ2v) is 5.60. The summed E-state index contributed by atoms with van der Waals surface area (Å²) in [6, 6.07) is 6.08. The Bertz CT molecular complexity index is 587. The number of amidine groups is 1. The molecular formula is C13H15N3OS. The van der Waals surface area contributed by atoms with Crippen molar-refractivity contribution in [1.29, 1.82) is 5.41 Å². The minimum atomic E-state index is 0.575. The van der Waals surface area contributed by atoms with Crippen LogP contribution in [0.4, 0.5) is 0 Å². The molecule has 0 spiro atoms. The second kappa shape index (κ2) is 4.66. The van der Waals surface area contributed by atoms with Gasteiger partial charge in [0, 0.05) is 18.7 Å². The summed E-state index contributed by atoms with van der Waals surface area (Å²) in [6.07, 6.45) is 0. The van der Waals surface area contributed by atoms with Crippen molar-refractivity contribution in [2.75, 3.05) is 26.3 Å². The molecule has 0 bridgehead atoms. The van der Waals surface area contributed by atoms with Crippen LogP contribution in [0.1, 0.15) is 10.6 Å². The number of hydrogen-bond donors (Lipinski definition) is 1. The van der Waals surface area contributed by atoms with Crippen molar-refractivity contribution in [2.24, 2.45) is 0 Å². The Labute approximate surface area is 110 Å². The molecule has 0 amide bonds. The van der Waals surface area contributed by atoms with Crippen LogP contribution in [0.3, 0.4) is 0 Å². The maximum absolute atomic E-state index is 8.25. The van der Waals surface area contributed by atoms with Gasteiger partial charge in [-0.25, -0.2) is 4.98 Å². The molecular weight excluding hydrogens is 246 g/mol. The molecule has 5 heteroatoms. The molecule has 1 aliphatic rings. The predicted octanol–water partition coefficient (Wildman–Crippen LogP) is 2.26. The van der Waals surface area contributed by atoms with E-state index in [0.29, 0.717) is 19.0 Å². The third-order valence-corrected chi connectivity index (χ3v) is 4.05. The Hall–Kier alpha value is -1.46. The van der Waals surface area contributed by atoms with Gasteiger partial charge < -0.3 is 9.64 Å². The van der Waals surface area contributed by atoms with Crippen molar-refractivity contribution in [2.45, 2.75) is 6.92 Å². The van der Waals surface area contributed by atoms with Gasteiger partial charge in [-0.15, -0.1) is 11.3 Å². The molecule has 18 heavy (non-hydrogen) atoms. The number of rotatable bonds is 1. The average molecular weight is 261 g/mol. The lowest BCUT2D eigenvalue weighted by molar-refractivity contribution is 0.0680. The first kappa shape index (κ1) is 11.6. The van der Waals surface area contributed by atoms with Crippen LogP contribution in [0.5, 0.6) is 0 Å². The van der Waals surface area contributed by atoms with E-state index in [1.165, 1.54) is 4.70 Å². The lowest BCUT2D eigenvalue weighted by atomic mass is 10.1. The zero-order valence-electron chi connectivity index (χ0n) is 10.3. The van der Waals surface area contributed by atoms with Gasteiger partial charge in [-0.05, 0) is 25.1 Å². The van der Waals surface area contributed by atoms with E-state index in [-0.39, 0.29) is 0 Å². The number of morpholine rings is 1. The van der Waals surface area contributed by atoms with Gasteiger partial charge in [0.2, 0.25) is 0 Å². The molecule has 0 radical (unpaired) electrons. The first-order valence-electron chi connectivity index (χ1n) is 6.03. The fourth-order valence-corrected chi connectivity index (χ4v) is 2.97. The Morgan fingerprint density at radius 2 is 2.17 bits per heavy atom. The van der Waals surface area contributed by atoms with Crippen LogP contribution in [0.2, 0.25) is 0 Å². The van der Waals surface area contributed by atoms with Gasteiger partial charge in [-0.1, -0.05) is 0 Å². The van der Waals surface area contributed by atoms with Crippen LogP contribution in [-0.4, -0.2) is 42.0 Å². The van der Waals surface area contributed by atoms with Gasteiger partial charge in [0.1, 0.15) is 5.84 Å². The summed E-state index contributed by atoms with van der Waals surface area (Å²) < 4.78 is 6.50. The smallest absolute Gasteiger partial charge is 0.128 e. The normalized spacial score (nSPS) is 16.2. The van der Waals surface area contributed by atoms with E-state index in [4.69, 9.17) is 10.1 Å². The second-order valence-electron chi connectivity index (χ2n) is 4.36. The number of benzene rings is 1. The molecule has 3 rings (SSSR count). The van der Waals surface area contributed by atoms with Crippen LogP contribution < -0.4 is 0 Å². The van der Waals surface area contributed by atoms with Crippen molar-refractivity contribution >= 4 is 27.4 Å². The first-order valence-corrected chi connectivity index (χ1v) is 6.84. The van der Waals surface area contributed by atoms with Gasteiger partial charge in [-0.2, -0.15) is 0 Å². The quantitative estimate of drug-likeness (QED) is 0.633. The minimum Gasteiger partial charge on any atom is -0.378 e. The lowest BCUT2D eigenvalue weighted by Crippen LogP contribution is -2.40. The van der Waals surface area contributed by atoms with E-state index < -0.39 is 0 Å². The summed E-state index contributed by atoms with van der Waals surface area (Å²) >= 11 is 1.69. The van der Waals surface area contributed by atoms with E-state index in [0.717, 1.165) is 29.2 Å². The largest absolute Gasteiger partial charge is 0.378 e. The summed E-state index contributed by atoms with van der Waals surface area (Å²) in [5, 5.41) is 9.32. The fourth-order valence-electron chi connectivity index (χ4n) is 2.16. The molecule has 0 atom stereocenters. The molecule has 2 heterocycles. The molecule has 1 aromatic heterocycles. The third kappa shape index (κ3) is 2.11. The van der Waals surface area contributed by atoms with E-state index in [1.807, 2.05) is 19.1 Å². The minimum absolute atomic E-state index is 0.575. The number of ether oxygens (including phenoxy) is 1. The van der Waals surface area contributed by atoms with Crippen molar-refractivity contribution in [3.05, 3.63) is 28.8 Å². The maximum atomic E-state index is 8.25. The number of thiazole rings is 1. The maximum Gasteiger partial charge on any atom is 0.128 e. The lowest BCUT2D eigenvalue weighted by Gasteiger charge is -2.29. The zero-order valence-corrected chi connectivity index (χ0v) is 11.1. The van der Waals surface area contributed by atoms with E-state index in [2.05, 4.69) is 16.0 Å². The number of aryl methyl sites for hydroxylation is 1. The van der Waals surface area contributed by atoms with E-state index in [9.17, 15) is 0 Å². The highest BCUT2D eigenvalue weighted by molar-refractivity contribution is 7.18. The standard InChI is InChI=1S/C13H15N3OS/c1-9-15-11-8-10(2-3-12(11)18-9)13(14)16-4-6-17-7-5-16/h2-3,8,14H,4-7H2,1H3. The SMILES string of the molecule is Cc1nc2cc(C(=N)N3CCOCC3)ccc2s1. The molecule has 1 aromatic carbocycles. The van der Waals surface area contributed by atoms with Crippen molar-refractivity contribution in [3.63, 3.8) is 0 Å². The average Bonchev–Trinajstić information content (AvgIpc) is 2.78. The molecule has 1 fully saturated rings. The Balaban J connectivity index is 1.90. The highest BCUT2D eigenvalue weighted by Crippen LogP contribution is 2.23. The third-order valence-electron chi connectivity index (χ3n) is 3.10. The van der Waals surface area contributed by atoms with E-state index in [1.54, 1.807) is 11.3 Å². The molecule has 1 N–H and O–H groups in total. The molecule has 0 saturated carbocycles. The molecule has 94 valence electrons. The molecule has 4 nitrogen and oxygen atoms in total. The van der Waals surface area contributed by atoms with Gasteiger partial charge in [0.15, 0.2) is 0 Å². The van der Waals surface area contributed by atoms with Gasteiger partial charge in [0.25, 0.3) is 0 Å². The van der Waals surface area contributed by atoms with Crippen molar-refractivity contribution < 1.29 is 4.74 Å². The summed E-state index contributed by atoms with van der Waals surface area (Å²) in [5.74, 6) is 0.575. The Morgan fingerprint density at radius 1 is 1.39 bits per heavy atom. The van der Waals surface area contributed by atoms with Crippen molar-refractivity contribution in [1.82, 2.24) is 9.88 Å². The number of nitrogens with zero attached hydrogens (tertiary/aromatic N) is 2. The van der Waals surface area contributed by atoms with Crippen LogP contribution in [-0.2, 0) is 4.74 Å². The molecule has 1 aliphatic heterocycles. The Kier molecular flexibility index (Phi) is 3.01. The number of nitrogens with one attached hydrogen (secondary N) is 1. The van der Waals surface area contributed by atoms with Crippen LogP contribution in [0, 0.1) is 12.3 Å². The summed E-state index contributed by atoms with van der Waals surface area (Å²) in [6.45, 7) is 5.03. The molecule has 0 unspecified atom stereocenters. The number of fused-ring (bicyclic) bond motifs is 1. The van der Waals surface area contributed by atoms with Gasteiger partial charge >= 0.3 is 0 Å². The number of hydrogen-bond acceptors (Lipinski definition) is 4. The zero-order chi connectivity index (χ0) is 12.5. The summed E-state index contributed by atoms with van der Waals surface area (Å²) in [4.78, 5) is 6.54. The molecule has 0 aliphatic carbocycles. The highest BCUT2D eigenvalue weighted by Gasteiger charge is 2.15. The first-order chi connectivity index (χ1) is 8.74. The monoisotopic (exact) mass is 261 g/mol. The van der Waals surface area contributed by atoms with Gasteiger partial charge in [-0.3, -0.25) is 5.41 Å². The highest BCUT2D eigenvalue weighted by atomic mass is 32.1. The van der Waals surface area contributed by atoms with E-state index >= 15 is 0 Å². The fraction of sp³-hybridized carbons (Fsp3) is 0.385. The number of aromatic nitrogens is 1. The Morgan fingerprint density at radius 3 is 2.94 bits per heavy atom. The van der Waals surface area contributed by atoms with Gasteiger partial charge in [0.05, 0.1) is 28.4 Å². The van der Waals surface area contributed by atoms with Crippen LogP contribution in [0.15, 0.2) is 18.2 Å². The molecule has 2 aromatic rings. The van der Waals surface area contributed by atoms with Crippen LogP contribution in [0.25, 0.3) is 10.2 Å².